The fourth-order valence-electron chi connectivity index (χ4n) is 3.20. The number of rotatable bonds is 2. The van der Waals surface area contributed by atoms with Crippen molar-refractivity contribution in [2.75, 3.05) is 17.7 Å². The molecule has 1 aromatic heterocycles. The predicted octanol–water partition coefficient (Wildman–Crippen LogP) is 0.0713. The van der Waals surface area contributed by atoms with Crippen LogP contribution in [0.3, 0.4) is 0 Å². The first kappa shape index (κ1) is 11.5. The maximum atomic E-state index is 11.5. The van der Waals surface area contributed by atoms with E-state index in [4.69, 9.17) is 5.73 Å². The maximum absolute atomic E-state index is 11.5. The molecular weight excluding hydrogens is 230 g/mol. The summed E-state index contributed by atoms with van der Waals surface area (Å²) in [5.74, 6) is 0.602. The van der Waals surface area contributed by atoms with Gasteiger partial charge in [0.15, 0.2) is 5.82 Å². The van der Waals surface area contributed by atoms with Crippen LogP contribution in [-0.4, -0.2) is 35.1 Å². The van der Waals surface area contributed by atoms with E-state index in [1.54, 1.807) is 0 Å². The summed E-state index contributed by atoms with van der Waals surface area (Å²) in [4.78, 5) is 20.3. The second-order valence-electron chi connectivity index (χ2n) is 5.34. The van der Waals surface area contributed by atoms with Crippen LogP contribution < -0.4 is 21.5 Å². The monoisotopic (exact) mass is 249 g/mol. The molecule has 2 aliphatic rings. The number of nitrogens with one attached hydrogen (secondary N) is 2. The van der Waals surface area contributed by atoms with Gasteiger partial charge in [0.2, 0.25) is 0 Å². The molecule has 2 saturated heterocycles. The topological polar surface area (TPSA) is 87.0 Å². The van der Waals surface area contributed by atoms with Crippen molar-refractivity contribution in [2.45, 2.75) is 43.8 Å². The number of nitrogen functional groups attached to an aromatic ring is 1. The molecule has 1 aromatic rings. The largest absolute Gasteiger partial charge is 0.391 e. The Labute approximate surface area is 106 Å². The van der Waals surface area contributed by atoms with Crippen molar-refractivity contribution in [3.05, 3.63) is 16.7 Å². The van der Waals surface area contributed by atoms with E-state index < -0.39 is 0 Å². The Balaban J connectivity index is 1.84. The van der Waals surface area contributed by atoms with Crippen LogP contribution in [0.5, 0.6) is 0 Å². The van der Waals surface area contributed by atoms with Crippen molar-refractivity contribution in [3.8, 4) is 0 Å². The van der Waals surface area contributed by atoms with E-state index in [9.17, 15) is 4.79 Å². The lowest BCUT2D eigenvalue weighted by atomic mass is 9.98. The van der Waals surface area contributed by atoms with Crippen LogP contribution in [0.25, 0.3) is 0 Å². The first-order valence-corrected chi connectivity index (χ1v) is 6.47. The SMILES string of the molecule is CN(c1nc[nH]c(=O)c1N)C1CC2CCC(C1)N2. The predicted molar refractivity (Wildman–Crippen MR) is 70.6 cm³/mol. The van der Waals surface area contributed by atoms with Crippen molar-refractivity contribution < 1.29 is 0 Å². The number of aromatic amines is 1. The first-order chi connectivity index (χ1) is 8.65. The molecule has 0 radical (unpaired) electrons. The number of piperidine rings is 1. The Morgan fingerprint density at radius 1 is 1.39 bits per heavy atom. The van der Waals surface area contributed by atoms with E-state index in [-0.39, 0.29) is 11.2 Å². The molecule has 4 N–H and O–H groups in total. The molecule has 2 atom stereocenters. The number of fused-ring (bicyclic) bond motifs is 2. The molecule has 0 aliphatic carbocycles. The van der Waals surface area contributed by atoms with Gasteiger partial charge in [-0.1, -0.05) is 0 Å². The Bertz CT molecular complexity index is 487. The standard InChI is InChI=1S/C12H19N5O/c1-17(11-10(13)12(18)15-6-14-11)9-4-7-2-3-8(5-9)16-7/h6-9,16H,2-5,13H2,1H3,(H,14,15,18). The summed E-state index contributed by atoms with van der Waals surface area (Å²) in [7, 11) is 1.98. The highest BCUT2D eigenvalue weighted by Gasteiger charge is 2.35. The van der Waals surface area contributed by atoms with Crippen LogP contribution in [-0.2, 0) is 0 Å². The molecule has 0 spiro atoms. The molecule has 3 heterocycles. The highest BCUT2D eigenvalue weighted by atomic mass is 16.1. The van der Waals surface area contributed by atoms with Crippen LogP contribution in [0, 0.1) is 0 Å². The molecule has 2 aliphatic heterocycles. The summed E-state index contributed by atoms with van der Waals surface area (Å²) in [6, 6.07) is 1.64. The summed E-state index contributed by atoms with van der Waals surface area (Å²) < 4.78 is 0. The normalized spacial score (nSPS) is 30.4. The third kappa shape index (κ3) is 1.86. The molecule has 0 amide bonds. The first-order valence-electron chi connectivity index (χ1n) is 6.47. The number of hydrogen-bond acceptors (Lipinski definition) is 5. The van der Waals surface area contributed by atoms with Crippen LogP contribution in [0.1, 0.15) is 25.7 Å². The zero-order valence-corrected chi connectivity index (χ0v) is 10.5. The lowest BCUT2D eigenvalue weighted by molar-refractivity contribution is 0.354. The van der Waals surface area contributed by atoms with Gasteiger partial charge in [0, 0.05) is 25.2 Å². The Morgan fingerprint density at radius 3 is 2.72 bits per heavy atom. The van der Waals surface area contributed by atoms with Gasteiger partial charge in [0.05, 0.1) is 6.33 Å². The number of hydrogen-bond donors (Lipinski definition) is 3. The molecule has 2 bridgehead atoms. The van der Waals surface area contributed by atoms with Gasteiger partial charge in [-0.3, -0.25) is 4.79 Å². The number of aromatic nitrogens is 2. The Hall–Kier alpha value is -1.56. The molecule has 6 heteroatoms. The number of anilines is 2. The van der Waals surface area contributed by atoms with Gasteiger partial charge in [-0.25, -0.2) is 4.98 Å². The Kier molecular flexibility index (Phi) is 2.74. The molecule has 98 valence electrons. The lowest BCUT2D eigenvalue weighted by Crippen LogP contribution is -2.47. The third-order valence-corrected chi connectivity index (χ3v) is 4.20. The lowest BCUT2D eigenvalue weighted by Gasteiger charge is -2.36. The van der Waals surface area contributed by atoms with Crippen molar-refractivity contribution in [1.29, 1.82) is 0 Å². The van der Waals surface area contributed by atoms with Crippen LogP contribution >= 0.6 is 0 Å². The average Bonchev–Trinajstić information content (AvgIpc) is 2.71. The summed E-state index contributed by atoms with van der Waals surface area (Å²) in [6.07, 6.45) is 6.13. The van der Waals surface area contributed by atoms with Crippen molar-refractivity contribution in [2.24, 2.45) is 0 Å². The molecule has 0 aromatic carbocycles. The number of nitrogens with two attached hydrogens (primary N) is 1. The fraction of sp³-hybridized carbons (Fsp3) is 0.667. The summed E-state index contributed by atoms with van der Waals surface area (Å²) in [5.41, 5.74) is 5.76. The summed E-state index contributed by atoms with van der Waals surface area (Å²) in [5, 5.41) is 3.61. The smallest absolute Gasteiger partial charge is 0.276 e. The number of nitrogens with zero attached hydrogens (tertiary/aromatic N) is 2. The molecule has 2 unspecified atom stereocenters. The van der Waals surface area contributed by atoms with Gasteiger partial charge in [-0.2, -0.15) is 0 Å². The van der Waals surface area contributed by atoms with Crippen LogP contribution in [0.15, 0.2) is 11.1 Å². The summed E-state index contributed by atoms with van der Waals surface area (Å²) in [6.45, 7) is 0. The van der Waals surface area contributed by atoms with Gasteiger partial charge in [-0.15, -0.1) is 0 Å². The van der Waals surface area contributed by atoms with Crippen molar-refractivity contribution >= 4 is 11.5 Å². The van der Waals surface area contributed by atoms with E-state index in [0.29, 0.717) is 23.9 Å². The fourth-order valence-corrected chi connectivity index (χ4v) is 3.20. The minimum Gasteiger partial charge on any atom is -0.391 e. The van der Waals surface area contributed by atoms with Gasteiger partial charge in [-0.05, 0) is 25.7 Å². The van der Waals surface area contributed by atoms with E-state index in [1.807, 2.05) is 7.05 Å². The average molecular weight is 249 g/mol. The molecule has 3 rings (SSSR count). The van der Waals surface area contributed by atoms with E-state index in [1.165, 1.54) is 19.2 Å². The molecule has 6 nitrogen and oxygen atoms in total. The highest BCUT2D eigenvalue weighted by molar-refractivity contribution is 5.61. The minimum atomic E-state index is -0.260. The molecule has 18 heavy (non-hydrogen) atoms. The van der Waals surface area contributed by atoms with E-state index >= 15 is 0 Å². The minimum absolute atomic E-state index is 0.214. The van der Waals surface area contributed by atoms with E-state index in [0.717, 1.165) is 12.8 Å². The Morgan fingerprint density at radius 2 is 2.06 bits per heavy atom. The van der Waals surface area contributed by atoms with E-state index in [2.05, 4.69) is 20.2 Å². The van der Waals surface area contributed by atoms with Crippen LogP contribution in [0.4, 0.5) is 11.5 Å². The van der Waals surface area contributed by atoms with Crippen molar-refractivity contribution in [3.63, 3.8) is 0 Å². The third-order valence-electron chi connectivity index (χ3n) is 4.20. The van der Waals surface area contributed by atoms with Crippen LogP contribution in [0.2, 0.25) is 0 Å². The van der Waals surface area contributed by atoms with Gasteiger partial charge in [0.25, 0.3) is 5.56 Å². The summed E-state index contributed by atoms with van der Waals surface area (Å²) >= 11 is 0. The van der Waals surface area contributed by atoms with Crippen molar-refractivity contribution in [1.82, 2.24) is 15.3 Å². The zero-order chi connectivity index (χ0) is 12.7. The quantitative estimate of drug-likeness (QED) is 0.690. The molecule has 2 fully saturated rings. The molecule has 0 saturated carbocycles. The van der Waals surface area contributed by atoms with Gasteiger partial charge >= 0.3 is 0 Å². The second kappa shape index (κ2) is 4.28. The maximum Gasteiger partial charge on any atom is 0.276 e. The molecular formula is C12H19N5O. The zero-order valence-electron chi connectivity index (χ0n) is 10.5. The number of H-pyrrole nitrogens is 1. The van der Waals surface area contributed by atoms with Gasteiger partial charge < -0.3 is 20.9 Å². The second-order valence-corrected chi connectivity index (χ2v) is 5.34. The highest BCUT2D eigenvalue weighted by Crippen LogP contribution is 2.31. The van der Waals surface area contributed by atoms with Gasteiger partial charge in [0.1, 0.15) is 5.69 Å².